The van der Waals surface area contributed by atoms with Gasteiger partial charge in [-0.3, -0.25) is 4.99 Å². The quantitative estimate of drug-likeness (QED) is 0.884. The van der Waals surface area contributed by atoms with Crippen molar-refractivity contribution in [2.24, 2.45) is 4.99 Å². The molecule has 1 heterocycles. The Labute approximate surface area is 111 Å². The highest BCUT2D eigenvalue weighted by molar-refractivity contribution is 5.99. The van der Waals surface area contributed by atoms with Gasteiger partial charge in [0.2, 0.25) is 0 Å². The molecule has 0 radical (unpaired) electrons. The number of hydrogen-bond donors (Lipinski definition) is 1. The van der Waals surface area contributed by atoms with E-state index in [1.165, 1.54) is 25.2 Å². The number of aliphatic imine (C=N–C) groups is 1. The summed E-state index contributed by atoms with van der Waals surface area (Å²) in [6.45, 7) is 12.0. The second-order valence-electron chi connectivity index (χ2n) is 4.14. The van der Waals surface area contributed by atoms with Crippen molar-refractivity contribution in [3.05, 3.63) is 35.9 Å². The van der Waals surface area contributed by atoms with Gasteiger partial charge < -0.3 is 10.2 Å². The molecule has 100 valence electrons. The topological polar surface area (TPSA) is 27.6 Å². The van der Waals surface area contributed by atoms with E-state index < -0.39 is 0 Å². The number of rotatable bonds is 4. The number of benzene rings is 1. The zero-order valence-electron chi connectivity index (χ0n) is 11.8. The van der Waals surface area contributed by atoms with Gasteiger partial charge in [0.15, 0.2) is 0 Å². The monoisotopic (exact) mass is 247 g/mol. The van der Waals surface area contributed by atoms with E-state index in [0.29, 0.717) is 0 Å². The molecule has 1 aliphatic rings. The maximum Gasteiger partial charge on any atom is 0.128 e. The van der Waals surface area contributed by atoms with Crippen molar-refractivity contribution < 1.29 is 0 Å². The molecule has 3 nitrogen and oxygen atoms in total. The average Bonchev–Trinajstić information content (AvgIpc) is 2.96. The first-order valence-corrected chi connectivity index (χ1v) is 6.87. The van der Waals surface area contributed by atoms with Crippen LogP contribution in [0.15, 0.2) is 35.3 Å². The molecule has 3 heteroatoms. The summed E-state index contributed by atoms with van der Waals surface area (Å²) in [7, 11) is 0. The molecule has 0 bridgehead atoms. The molecule has 1 aromatic rings. The summed E-state index contributed by atoms with van der Waals surface area (Å²) in [5, 5.41) is 3.22. The van der Waals surface area contributed by atoms with Crippen LogP contribution in [0.4, 0.5) is 0 Å². The van der Waals surface area contributed by atoms with E-state index in [2.05, 4.69) is 48.1 Å². The van der Waals surface area contributed by atoms with Crippen LogP contribution in [0.25, 0.3) is 0 Å². The van der Waals surface area contributed by atoms with Crippen LogP contribution >= 0.6 is 0 Å². The molecule has 18 heavy (non-hydrogen) atoms. The third kappa shape index (κ3) is 4.88. The van der Waals surface area contributed by atoms with E-state index in [4.69, 9.17) is 0 Å². The zero-order chi connectivity index (χ0) is 13.2. The summed E-state index contributed by atoms with van der Waals surface area (Å²) < 4.78 is 0. The van der Waals surface area contributed by atoms with Gasteiger partial charge >= 0.3 is 0 Å². The molecule has 0 aliphatic carbocycles. The number of nitrogens with zero attached hydrogens (tertiary/aromatic N) is 2. The second-order valence-corrected chi connectivity index (χ2v) is 4.14. The Morgan fingerprint density at radius 1 is 1.06 bits per heavy atom. The minimum atomic E-state index is 0.907. The molecule has 0 spiro atoms. The molecular weight excluding hydrogens is 222 g/mol. The Morgan fingerprint density at radius 2 is 1.67 bits per heavy atom. The van der Waals surface area contributed by atoms with E-state index >= 15 is 0 Å². The van der Waals surface area contributed by atoms with Gasteiger partial charge in [-0.05, 0) is 19.6 Å². The molecule has 0 saturated carbocycles. The van der Waals surface area contributed by atoms with Crippen LogP contribution in [-0.2, 0) is 0 Å². The maximum absolute atomic E-state index is 4.31. The fourth-order valence-electron chi connectivity index (χ4n) is 1.86. The summed E-state index contributed by atoms with van der Waals surface area (Å²) in [5.41, 5.74) is 1.19. The Kier molecular flexibility index (Phi) is 7.11. The fourth-order valence-corrected chi connectivity index (χ4v) is 1.86. The van der Waals surface area contributed by atoms with Crippen LogP contribution in [0.1, 0.15) is 26.3 Å². The number of nitrogens with one attached hydrogen (secondary N) is 1. The molecule has 1 aromatic carbocycles. The van der Waals surface area contributed by atoms with Gasteiger partial charge in [-0.25, -0.2) is 0 Å². The van der Waals surface area contributed by atoms with Crippen LogP contribution in [0, 0.1) is 0 Å². The third-order valence-electron chi connectivity index (χ3n) is 3.06. The van der Waals surface area contributed by atoms with Crippen molar-refractivity contribution in [2.45, 2.75) is 20.8 Å². The maximum atomic E-state index is 4.31. The first-order chi connectivity index (χ1) is 8.81. The molecular formula is C15H25N3. The van der Waals surface area contributed by atoms with Crippen molar-refractivity contribution in [1.29, 1.82) is 0 Å². The zero-order valence-corrected chi connectivity index (χ0v) is 11.8. The number of amidine groups is 1. The summed E-state index contributed by atoms with van der Waals surface area (Å²) >= 11 is 0. The molecule has 0 fully saturated rings. The smallest absolute Gasteiger partial charge is 0.128 e. The SMILES string of the molecule is CCN(CC)CC.c1ccc(C2=NCCN2)cc1. The number of hydrogen-bond acceptors (Lipinski definition) is 3. The van der Waals surface area contributed by atoms with Crippen LogP contribution in [0.2, 0.25) is 0 Å². The van der Waals surface area contributed by atoms with Gasteiger partial charge in [-0.1, -0.05) is 51.1 Å². The molecule has 0 aromatic heterocycles. The van der Waals surface area contributed by atoms with Crippen molar-refractivity contribution >= 4 is 5.84 Å². The van der Waals surface area contributed by atoms with E-state index in [9.17, 15) is 0 Å². The van der Waals surface area contributed by atoms with E-state index in [0.717, 1.165) is 18.9 Å². The van der Waals surface area contributed by atoms with E-state index in [-0.39, 0.29) is 0 Å². The van der Waals surface area contributed by atoms with Crippen LogP contribution in [0.3, 0.4) is 0 Å². The molecule has 1 N–H and O–H groups in total. The van der Waals surface area contributed by atoms with Gasteiger partial charge in [0.25, 0.3) is 0 Å². The van der Waals surface area contributed by atoms with Crippen molar-refractivity contribution in [1.82, 2.24) is 10.2 Å². The molecule has 0 amide bonds. The van der Waals surface area contributed by atoms with Crippen LogP contribution in [0.5, 0.6) is 0 Å². The van der Waals surface area contributed by atoms with E-state index in [1.807, 2.05) is 18.2 Å². The van der Waals surface area contributed by atoms with Crippen molar-refractivity contribution in [2.75, 3.05) is 32.7 Å². The van der Waals surface area contributed by atoms with Crippen LogP contribution < -0.4 is 5.32 Å². The minimum absolute atomic E-state index is 0.907. The predicted molar refractivity (Wildman–Crippen MR) is 79.3 cm³/mol. The molecule has 0 unspecified atom stereocenters. The standard InChI is InChI=1S/C9H10N2.C6H15N/c1-2-4-8(5-3-1)9-10-6-7-11-9;1-4-7(5-2)6-3/h1-5H,6-7H2,(H,10,11);4-6H2,1-3H3. The highest BCUT2D eigenvalue weighted by atomic mass is 15.1. The normalized spacial score (nSPS) is 13.7. The molecule has 0 atom stereocenters. The Bertz CT molecular complexity index is 337. The lowest BCUT2D eigenvalue weighted by Gasteiger charge is -2.13. The third-order valence-corrected chi connectivity index (χ3v) is 3.06. The Hall–Kier alpha value is -1.35. The molecule has 2 rings (SSSR count). The fraction of sp³-hybridized carbons (Fsp3) is 0.533. The van der Waals surface area contributed by atoms with Gasteiger partial charge in [-0.15, -0.1) is 0 Å². The summed E-state index contributed by atoms with van der Waals surface area (Å²) in [5.74, 6) is 1.03. The minimum Gasteiger partial charge on any atom is -0.368 e. The average molecular weight is 247 g/mol. The lowest BCUT2D eigenvalue weighted by Crippen LogP contribution is -2.21. The van der Waals surface area contributed by atoms with E-state index in [1.54, 1.807) is 0 Å². The first-order valence-electron chi connectivity index (χ1n) is 6.87. The van der Waals surface area contributed by atoms with Crippen molar-refractivity contribution in [3.8, 4) is 0 Å². The highest BCUT2D eigenvalue weighted by Gasteiger charge is 2.05. The summed E-state index contributed by atoms with van der Waals surface area (Å²) in [4.78, 5) is 6.69. The second kappa shape index (κ2) is 8.70. The lowest BCUT2D eigenvalue weighted by molar-refractivity contribution is 0.321. The summed E-state index contributed by atoms with van der Waals surface area (Å²) in [6.07, 6.45) is 0. The van der Waals surface area contributed by atoms with Gasteiger partial charge in [0.05, 0.1) is 6.54 Å². The van der Waals surface area contributed by atoms with Gasteiger partial charge in [0.1, 0.15) is 5.84 Å². The Balaban J connectivity index is 0.000000203. The van der Waals surface area contributed by atoms with Gasteiger partial charge in [0, 0.05) is 12.1 Å². The predicted octanol–water partition coefficient (Wildman–Crippen LogP) is 2.38. The highest BCUT2D eigenvalue weighted by Crippen LogP contribution is 2.01. The first kappa shape index (κ1) is 14.7. The summed E-state index contributed by atoms with van der Waals surface area (Å²) in [6, 6.07) is 10.2. The lowest BCUT2D eigenvalue weighted by atomic mass is 10.2. The largest absolute Gasteiger partial charge is 0.368 e. The van der Waals surface area contributed by atoms with Crippen LogP contribution in [-0.4, -0.2) is 43.5 Å². The van der Waals surface area contributed by atoms with Gasteiger partial charge in [-0.2, -0.15) is 0 Å². The molecule has 1 aliphatic heterocycles. The Morgan fingerprint density at radius 3 is 2.06 bits per heavy atom. The van der Waals surface area contributed by atoms with Crippen molar-refractivity contribution in [3.63, 3.8) is 0 Å². The molecule has 0 saturated heterocycles.